The number of alkyl halides is 2. The number of hydrogen-bond donors (Lipinski definition) is 0. The van der Waals surface area contributed by atoms with E-state index in [4.69, 9.17) is 0 Å². The topological polar surface area (TPSA) is 9.23 Å². The summed E-state index contributed by atoms with van der Waals surface area (Å²) in [6.45, 7) is 1.62. The summed E-state index contributed by atoms with van der Waals surface area (Å²) in [5, 5.41) is -1.13. The predicted octanol–water partition coefficient (Wildman–Crippen LogP) is 10.5. The standard InChI is InChI=1S/C29H29F9OS/c1-2-40-28(36)26(34)18-11-21(30)25(22(31)12-18)17-5-3-15(4-6-17)16-7-9-19(10-8-16)29(37,38)39-20-13-23(32)27(35)24(33)14-20/h11-17,19H,2-10H2,1H3/b28-26-. The molecule has 0 aliphatic heterocycles. The van der Waals surface area contributed by atoms with Crippen molar-refractivity contribution in [1.29, 1.82) is 0 Å². The van der Waals surface area contributed by atoms with E-state index in [1.54, 1.807) is 6.92 Å². The van der Waals surface area contributed by atoms with Crippen LogP contribution in [0.4, 0.5) is 39.5 Å². The Labute approximate surface area is 231 Å². The largest absolute Gasteiger partial charge is 0.432 e. The van der Waals surface area contributed by atoms with Crippen LogP contribution in [0.1, 0.15) is 75.3 Å². The fourth-order valence-electron chi connectivity index (χ4n) is 6.04. The van der Waals surface area contributed by atoms with Gasteiger partial charge in [-0.15, -0.1) is 0 Å². The molecule has 2 aromatic rings. The second-order valence-corrected chi connectivity index (χ2v) is 11.7. The van der Waals surface area contributed by atoms with Gasteiger partial charge >= 0.3 is 6.11 Å². The predicted molar refractivity (Wildman–Crippen MR) is 136 cm³/mol. The molecule has 0 N–H and O–H groups in total. The monoisotopic (exact) mass is 596 g/mol. The molecule has 0 bridgehead atoms. The maximum absolute atomic E-state index is 14.8. The van der Waals surface area contributed by atoms with Crippen LogP contribution in [0.15, 0.2) is 29.4 Å². The van der Waals surface area contributed by atoms with Crippen molar-refractivity contribution >= 4 is 17.6 Å². The molecule has 0 saturated heterocycles. The molecule has 220 valence electrons. The SMILES string of the molecule is CCS/C(F)=C(\F)c1cc(F)c(C2CCC(C3CCC(C(F)(F)Oc4cc(F)c(F)c(F)c4)CC3)CC2)c(F)c1. The van der Waals surface area contributed by atoms with Gasteiger partial charge in [-0.3, -0.25) is 0 Å². The summed E-state index contributed by atoms with van der Waals surface area (Å²) in [7, 11) is 0. The first kappa shape index (κ1) is 30.7. The van der Waals surface area contributed by atoms with Gasteiger partial charge in [-0.25, -0.2) is 26.3 Å². The smallest absolute Gasteiger partial charge is 0.400 e. The lowest BCUT2D eigenvalue weighted by Crippen LogP contribution is -2.38. The van der Waals surface area contributed by atoms with E-state index in [1.807, 2.05) is 0 Å². The Morgan fingerprint density at radius 2 is 1.27 bits per heavy atom. The molecule has 2 fully saturated rings. The quantitative estimate of drug-likeness (QED) is 0.222. The zero-order valence-electron chi connectivity index (χ0n) is 21.7. The van der Waals surface area contributed by atoms with Gasteiger partial charge in [0.2, 0.25) is 0 Å². The molecule has 40 heavy (non-hydrogen) atoms. The third-order valence-corrected chi connectivity index (χ3v) is 8.80. The summed E-state index contributed by atoms with van der Waals surface area (Å²) in [4.78, 5) is 0. The Morgan fingerprint density at radius 3 is 1.77 bits per heavy atom. The van der Waals surface area contributed by atoms with E-state index in [2.05, 4.69) is 4.74 Å². The van der Waals surface area contributed by atoms with E-state index in [-0.39, 0.29) is 36.0 Å². The summed E-state index contributed by atoms with van der Waals surface area (Å²) in [6, 6.07) is 2.39. The summed E-state index contributed by atoms with van der Waals surface area (Å²) in [5.74, 6) is -10.00. The van der Waals surface area contributed by atoms with Crippen LogP contribution in [-0.4, -0.2) is 11.9 Å². The normalized spacial score (nSPS) is 24.6. The van der Waals surface area contributed by atoms with Crippen LogP contribution in [0.3, 0.4) is 0 Å². The van der Waals surface area contributed by atoms with E-state index in [1.165, 1.54) is 0 Å². The number of halogens is 9. The number of benzene rings is 2. The first-order chi connectivity index (χ1) is 18.9. The van der Waals surface area contributed by atoms with Crippen LogP contribution in [0, 0.1) is 46.8 Å². The number of thioether (sulfide) groups is 1. The van der Waals surface area contributed by atoms with Gasteiger partial charge in [0.05, 0.1) is 5.92 Å². The summed E-state index contributed by atoms with van der Waals surface area (Å²) in [6.07, 6.45) is -0.331. The summed E-state index contributed by atoms with van der Waals surface area (Å²) >= 11 is 0.600. The van der Waals surface area contributed by atoms with Crippen molar-refractivity contribution in [2.24, 2.45) is 17.8 Å². The molecular formula is C29H29F9OS. The van der Waals surface area contributed by atoms with Gasteiger partial charge < -0.3 is 4.74 Å². The second kappa shape index (κ2) is 12.7. The molecule has 0 heterocycles. The van der Waals surface area contributed by atoms with Crippen molar-refractivity contribution in [3.05, 3.63) is 69.6 Å². The highest BCUT2D eigenvalue weighted by atomic mass is 32.2. The molecule has 0 atom stereocenters. The molecule has 11 heteroatoms. The lowest BCUT2D eigenvalue weighted by Gasteiger charge is -2.39. The molecule has 2 aliphatic carbocycles. The molecule has 2 saturated carbocycles. The van der Waals surface area contributed by atoms with Gasteiger partial charge in [0.15, 0.2) is 28.4 Å². The minimum Gasteiger partial charge on any atom is -0.432 e. The summed E-state index contributed by atoms with van der Waals surface area (Å²) in [5.41, 5.74) is -0.633. The fraction of sp³-hybridized carbons (Fsp3) is 0.517. The van der Waals surface area contributed by atoms with Crippen molar-refractivity contribution < 1.29 is 44.3 Å². The van der Waals surface area contributed by atoms with Crippen molar-refractivity contribution in [2.45, 2.75) is 70.3 Å². The fourth-order valence-corrected chi connectivity index (χ4v) is 6.54. The summed E-state index contributed by atoms with van der Waals surface area (Å²) < 4.78 is 132. The van der Waals surface area contributed by atoms with E-state index < -0.39 is 69.3 Å². The maximum atomic E-state index is 14.8. The Hall–Kier alpha value is -2.30. The highest BCUT2D eigenvalue weighted by molar-refractivity contribution is 8.03. The molecule has 4 rings (SSSR count). The zero-order valence-corrected chi connectivity index (χ0v) is 22.5. The first-order valence-corrected chi connectivity index (χ1v) is 14.3. The second-order valence-electron chi connectivity index (χ2n) is 10.5. The minimum absolute atomic E-state index is 0.112. The van der Waals surface area contributed by atoms with E-state index in [0.717, 1.165) is 12.1 Å². The maximum Gasteiger partial charge on any atom is 0.400 e. The van der Waals surface area contributed by atoms with Crippen LogP contribution >= 0.6 is 11.8 Å². The molecule has 2 aliphatic rings. The van der Waals surface area contributed by atoms with Crippen molar-refractivity contribution in [3.8, 4) is 5.75 Å². The van der Waals surface area contributed by atoms with E-state index in [9.17, 15) is 39.5 Å². The Balaban J connectivity index is 1.33. The van der Waals surface area contributed by atoms with Crippen molar-refractivity contribution in [2.75, 3.05) is 5.75 Å². The van der Waals surface area contributed by atoms with Crippen LogP contribution in [0.2, 0.25) is 0 Å². The van der Waals surface area contributed by atoms with Gasteiger partial charge in [0.25, 0.3) is 0 Å². The lowest BCUT2D eigenvalue weighted by molar-refractivity contribution is -0.224. The Morgan fingerprint density at radius 1 is 0.775 bits per heavy atom. The van der Waals surface area contributed by atoms with Gasteiger partial charge in [-0.1, -0.05) is 18.7 Å². The highest BCUT2D eigenvalue weighted by Crippen LogP contribution is 2.47. The van der Waals surface area contributed by atoms with Crippen LogP contribution in [-0.2, 0) is 0 Å². The van der Waals surface area contributed by atoms with Crippen molar-refractivity contribution in [1.82, 2.24) is 0 Å². The molecule has 0 spiro atoms. The lowest BCUT2D eigenvalue weighted by atomic mass is 9.68. The molecular weight excluding hydrogens is 567 g/mol. The molecule has 2 aromatic carbocycles. The average molecular weight is 597 g/mol. The Kier molecular flexibility index (Phi) is 9.73. The Bertz CT molecular complexity index is 1190. The van der Waals surface area contributed by atoms with Crippen molar-refractivity contribution in [3.63, 3.8) is 0 Å². The first-order valence-electron chi connectivity index (χ1n) is 13.3. The van der Waals surface area contributed by atoms with E-state index >= 15 is 0 Å². The number of ether oxygens (including phenoxy) is 1. The number of hydrogen-bond acceptors (Lipinski definition) is 2. The van der Waals surface area contributed by atoms with Crippen LogP contribution in [0.25, 0.3) is 5.83 Å². The molecule has 0 aromatic heterocycles. The van der Waals surface area contributed by atoms with Crippen LogP contribution in [0.5, 0.6) is 5.75 Å². The molecule has 0 amide bonds. The highest BCUT2D eigenvalue weighted by Gasteiger charge is 2.45. The van der Waals surface area contributed by atoms with Gasteiger partial charge in [0, 0.05) is 23.3 Å². The van der Waals surface area contributed by atoms with Gasteiger partial charge in [-0.2, -0.15) is 13.2 Å². The third kappa shape index (κ3) is 6.77. The zero-order chi connectivity index (χ0) is 29.2. The van der Waals surface area contributed by atoms with E-state index in [0.29, 0.717) is 62.4 Å². The van der Waals surface area contributed by atoms with Gasteiger partial charge in [0.1, 0.15) is 17.4 Å². The number of rotatable bonds is 8. The minimum atomic E-state index is -3.70. The third-order valence-electron chi connectivity index (χ3n) is 8.08. The molecule has 1 nitrogen and oxygen atoms in total. The average Bonchev–Trinajstić information content (AvgIpc) is 2.91. The molecule has 0 unspecified atom stereocenters. The molecule has 0 radical (unpaired) electrons. The van der Waals surface area contributed by atoms with Crippen LogP contribution < -0.4 is 4.74 Å². The van der Waals surface area contributed by atoms with Gasteiger partial charge in [-0.05, 0) is 87.0 Å².